The van der Waals surface area contributed by atoms with Crippen LogP contribution in [0.1, 0.15) is 26.3 Å². The zero-order valence-electron chi connectivity index (χ0n) is 19.1. The van der Waals surface area contributed by atoms with Crippen LogP contribution in [-0.2, 0) is 10.2 Å². The number of nitrogens with zero attached hydrogens (tertiary/aromatic N) is 6. The highest BCUT2D eigenvalue weighted by atomic mass is 16.5. The molecule has 0 bridgehead atoms. The quantitative estimate of drug-likeness (QED) is 0.474. The summed E-state index contributed by atoms with van der Waals surface area (Å²) in [5.74, 6) is 2.73. The van der Waals surface area contributed by atoms with Gasteiger partial charge in [-0.3, -0.25) is 0 Å². The molecule has 170 valence electrons. The Morgan fingerprint density at radius 1 is 0.879 bits per heavy atom. The van der Waals surface area contributed by atoms with Gasteiger partial charge in [0.1, 0.15) is 23.1 Å². The second-order valence-corrected chi connectivity index (χ2v) is 9.07. The third-order valence-corrected chi connectivity index (χ3v) is 5.58. The van der Waals surface area contributed by atoms with Crippen LogP contribution in [0, 0.1) is 0 Å². The summed E-state index contributed by atoms with van der Waals surface area (Å²) in [4.78, 5) is 20.5. The molecule has 5 heterocycles. The first-order chi connectivity index (χ1) is 15.9. The predicted molar refractivity (Wildman–Crippen MR) is 130 cm³/mol. The van der Waals surface area contributed by atoms with Crippen LogP contribution in [0.4, 0.5) is 29.1 Å². The maximum atomic E-state index is 5.52. The number of rotatable bonds is 5. The number of morpholine rings is 1. The molecule has 0 aromatic carbocycles. The average molecular weight is 445 g/mol. The lowest BCUT2D eigenvalue weighted by atomic mass is 9.88. The van der Waals surface area contributed by atoms with E-state index >= 15 is 0 Å². The highest BCUT2D eigenvalue weighted by Gasteiger charge is 2.17. The fourth-order valence-corrected chi connectivity index (χ4v) is 3.72. The minimum absolute atomic E-state index is 0.0219. The third-order valence-electron chi connectivity index (χ3n) is 5.58. The van der Waals surface area contributed by atoms with Crippen molar-refractivity contribution >= 4 is 34.7 Å². The smallest absolute Gasteiger partial charge is 0.232 e. The van der Waals surface area contributed by atoms with Gasteiger partial charge in [0.05, 0.1) is 13.2 Å². The number of pyridine rings is 2. The molecule has 0 amide bonds. The first kappa shape index (κ1) is 21.1. The monoisotopic (exact) mass is 444 g/mol. The molecule has 0 aliphatic carbocycles. The van der Waals surface area contributed by atoms with Crippen LogP contribution in [0.3, 0.4) is 0 Å². The Morgan fingerprint density at radius 2 is 1.73 bits per heavy atom. The van der Waals surface area contributed by atoms with Gasteiger partial charge >= 0.3 is 0 Å². The van der Waals surface area contributed by atoms with Gasteiger partial charge in [0.2, 0.25) is 5.95 Å². The van der Waals surface area contributed by atoms with Gasteiger partial charge in [0, 0.05) is 55.7 Å². The van der Waals surface area contributed by atoms with Crippen molar-refractivity contribution in [3.8, 4) is 0 Å². The van der Waals surface area contributed by atoms with Crippen LogP contribution in [-0.4, -0.2) is 50.6 Å². The normalized spacial score (nSPS) is 14.5. The van der Waals surface area contributed by atoms with Gasteiger partial charge in [-0.15, -0.1) is 0 Å². The molecule has 1 fully saturated rings. The van der Waals surface area contributed by atoms with Gasteiger partial charge in [0.15, 0.2) is 0 Å². The zero-order valence-corrected chi connectivity index (χ0v) is 19.1. The van der Waals surface area contributed by atoms with Gasteiger partial charge in [-0.05, 0) is 29.2 Å². The molecule has 1 saturated heterocycles. The first-order valence-corrected chi connectivity index (χ1v) is 11.1. The molecule has 0 saturated carbocycles. The molecule has 9 nitrogen and oxygen atoms in total. The van der Waals surface area contributed by atoms with Crippen molar-refractivity contribution in [1.82, 2.24) is 24.3 Å². The molecule has 9 heteroatoms. The molecule has 2 N–H and O–H groups in total. The summed E-state index contributed by atoms with van der Waals surface area (Å²) >= 11 is 0. The number of hydrogen-bond acceptors (Lipinski definition) is 8. The largest absolute Gasteiger partial charge is 0.378 e. The molecular weight excluding hydrogens is 416 g/mol. The van der Waals surface area contributed by atoms with Crippen LogP contribution >= 0.6 is 0 Å². The molecule has 0 unspecified atom stereocenters. The maximum absolute atomic E-state index is 5.52. The van der Waals surface area contributed by atoms with Gasteiger partial charge < -0.3 is 24.7 Å². The van der Waals surface area contributed by atoms with Crippen LogP contribution in [0.15, 0.2) is 55.1 Å². The molecule has 1 aliphatic heterocycles. The highest BCUT2D eigenvalue weighted by Crippen LogP contribution is 2.27. The summed E-state index contributed by atoms with van der Waals surface area (Å²) in [7, 11) is 0. The van der Waals surface area contributed by atoms with Gasteiger partial charge in [-0.25, -0.2) is 9.97 Å². The Morgan fingerprint density at radius 3 is 2.55 bits per heavy atom. The Bertz CT molecular complexity index is 1260. The fourth-order valence-electron chi connectivity index (χ4n) is 3.72. The number of hydrogen-bond donors (Lipinski definition) is 2. The molecule has 4 aromatic rings. The van der Waals surface area contributed by atoms with Crippen molar-refractivity contribution in [2.24, 2.45) is 0 Å². The van der Waals surface area contributed by atoms with Crippen molar-refractivity contribution in [2.45, 2.75) is 26.2 Å². The van der Waals surface area contributed by atoms with Gasteiger partial charge in [-0.1, -0.05) is 20.8 Å². The van der Waals surface area contributed by atoms with E-state index in [4.69, 9.17) is 14.7 Å². The van der Waals surface area contributed by atoms with E-state index in [1.54, 1.807) is 6.20 Å². The molecule has 4 aromatic heterocycles. The number of ether oxygens (including phenoxy) is 1. The van der Waals surface area contributed by atoms with E-state index < -0.39 is 0 Å². The molecule has 0 atom stereocenters. The minimum Gasteiger partial charge on any atom is -0.378 e. The minimum atomic E-state index is 0.0219. The van der Waals surface area contributed by atoms with E-state index in [1.165, 1.54) is 5.56 Å². The fraction of sp³-hybridized carbons (Fsp3) is 0.333. The lowest BCUT2D eigenvalue weighted by Crippen LogP contribution is -2.36. The Labute approximate surface area is 192 Å². The van der Waals surface area contributed by atoms with E-state index in [9.17, 15) is 0 Å². The van der Waals surface area contributed by atoms with Crippen LogP contribution < -0.4 is 15.5 Å². The SMILES string of the molecule is CC(C)(C)c1ccnc(Nc2nc(Nc3ccn4ccnc4c3)cc(N3CCOCC3)n2)c1. The molecule has 5 rings (SSSR count). The molecular formula is C24H28N8O. The number of nitrogens with one attached hydrogen (secondary N) is 2. The van der Waals surface area contributed by atoms with Crippen LogP contribution in [0.2, 0.25) is 0 Å². The van der Waals surface area contributed by atoms with E-state index in [0.29, 0.717) is 30.8 Å². The lowest BCUT2D eigenvalue weighted by Gasteiger charge is -2.28. The number of aromatic nitrogens is 5. The molecule has 33 heavy (non-hydrogen) atoms. The summed E-state index contributed by atoms with van der Waals surface area (Å²) in [6.45, 7) is 9.48. The third kappa shape index (κ3) is 4.88. The summed E-state index contributed by atoms with van der Waals surface area (Å²) in [5, 5.41) is 6.70. The predicted octanol–water partition coefficient (Wildman–Crippen LogP) is 4.14. The Hall–Kier alpha value is -3.72. The number of imidazole rings is 1. The van der Waals surface area contributed by atoms with E-state index in [1.807, 2.05) is 53.3 Å². The van der Waals surface area contributed by atoms with E-state index in [2.05, 4.69) is 46.3 Å². The molecule has 0 radical (unpaired) electrons. The number of anilines is 5. The summed E-state index contributed by atoms with van der Waals surface area (Å²) in [6.07, 6.45) is 7.48. The topological polar surface area (TPSA) is 92.5 Å². The maximum Gasteiger partial charge on any atom is 0.232 e. The van der Waals surface area contributed by atoms with Crippen molar-refractivity contribution in [3.63, 3.8) is 0 Å². The molecule has 1 aliphatic rings. The summed E-state index contributed by atoms with van der Waals surface area (Å²) < 4.78 is 7.48. The lowest BCUT2D eigenvalue weighted by molar-refractivity contribution is 0.122. The average Bonchev–Trinajstić information content (AvgIpc) is 3.27. The van der Waals surface area contributed by atoms with Crippen LogP contribution in [0.5, 0.6) is 0 Å². The second-order valence-electron chi connectivity index (χ2n) is 9.07. The highest BCUT2D eigenvalue weighted by molar-refractivity contribution is 5.65. The Kier molecular flexibility index (Phi) is 5.55. The summed E-state index contributed by atoms with van der Waals surface area (Å²) in [6, 6.07) is 10.0. The van der Waals surface area contributed by atoms with Crippen LogP contribution in [0.25, 0.3) is 5.65 Å². The van der Waals surface area contributed by atoms with Gasteiger partial charge in [0.25, 0.3) is 0 Å². The second kappa shape index (κ2) is 8.67. The van der Waals surface area contributed by atoms with E-state index in [-0.39, 0.29) is 5.41 Å². The molecule has 0 spiro atoms. The van der Waals surface area contributed by atoms with Crippen molar-refractivity contribution in [2.75, 3.05) is 41.8 Å². The van der Waals surface area contributed by atoms with Gasteiger partial charge in [-0.2, -0.15) is 9.97 Å². The first-order valence-electron chi connectivity index (χ1n) is 11.1. The van der Waals surface area contributed by atoms with E-state index in [0.717, 1.165) is 30.2 Å². The summed E-state index contributed by atoms with van der Waals surface area (Å²) in [5.41, 5.74) is 2.98. The zero-order chi connectivity index (χ0) is 22.8. The Balaban J connectivity index is 1.47. The van der Waals surface area contributed by atoms with Crippen molar-refractivity contribution < 1.29 is 4.74 Å². The van der Waals surface area contributed by atoms with Crippen molar-refractivity contribution in [3.05, 3.63) is 60.7 Å². The van der Waals surface area contributed by atoms with Crippen molar-refractivity contribution in [1.29, 1.82) is 0 Å². The number of fused-ring (bicyclic) bond motifs is 1. The standard InChI is InChI=1S/C24H28N8O/c1-24(2,3)17-4-6-25-19(14-17)28-23-29-20(16-22(30-23)32-10-12-33-13-11-32)27-18-5-8-31-9-7-26-21(31)15-18/h4-9,14-16H,10-13H2,1-3H3,(H2,25,27,28,29,30).